The fraction of sp³-hybridized carbons (Fsp3) is 0.957. The van der Waals surface area contributed by atoms with E-state index < -0.39 is 18.4 Å². The van der Waals surface area contributed by atoms with Gasteiger partial charge >= 0.3 is 0 Å². The van der Waals surface area contributed by atoms with Crippen LogP contribution in [0.3, 0.4) is 0 Å². The summed E-state index contributed by atoms with van der Waals surface area (Å²) in [5.41, 5.74) is 0. The molecule has 0 aromatic heterocycles. The van der Waals surface area contributed by atoms with Crippen molar-refractivity contribution >= 4 is 11.9 Å². The van der Waals surface area contributed by atoms with Crippen LogP contribution in [0.1, 0.15) is 265 Å². The van der Waals surface area contributed by atoms with E-state index in [0.29, 0.717) is 0 Å². The van der Waals surface area contributed by atoms with Crippen LogP contribution in [0.5, 0.6) is 0 Å². The summed E-state index contributed by atoms with van der Waals surface area (Å²) >= 11 is 0. The first-order valence-electron chi connectivity index (χ1n) is 24.0. The fourth-order valence-electron chi connectivity index (χ4n) is 6.80. The van der Waals surface area contributed by atoms with Gasteiger partial charge in [-0.25, -0.2) is 0 Å². The molecule has 0 aromatic carbocycles. The van der Waals surface area contributed by atoms with Gasteiger partial charge in [0.1, 0.15) is 0 Å². The number of rotatable bonds is 42. The topological polar surface area (TPSA) is 113 Å². The van der Waals surface area contributed by atoms with E-state index in [9.17, 15) is 19.8 Å². The van der Waals surface area contributed by atoms with Crippen molar-refractivity contribution in [2.75, 3.05) is 26.2 Å². The number of carbonyl (C=O) groups excluding carboxylic acids is 2. The first-order valence-corrected chi connectivity index (χ1v) is 24.0. The summed E-state index contributed by atoms with van der Waals surface area (Å²) in [6.45, 7) is 14.7. The average Bonchev–Trinajstić information content (AvgIpc) is 3.13. The minimum atomic E-state index is -1.63. The number of quaternary nitrogens is 2. The summed E-state index contributed by atoms with van der Waals surface area (Å²) in [5, 5.41) is 23.7. The van der Waals surface area contributed by atoms with Crippen LogP contribution in [0.25, 0.3) is 0 Å². The number of carboxylic acid groups (broad SMARTS) is 2. The number of hydrogen-bond donors (Lipinski definition) is 2. The third-order valence-electron chi connectivity index (χ3n) is 10.3. The molecule has 0 rings (SSSR count). The van der Waals surface area contributed by atoms with Gasteiger partial charge in [0.05, 0.1) is 26.2 Å². The van der Waals surface area contributed by atoms with Gasteiger partial charge in [0.25, 0.3) is 0 Å². The Bertz CT molecular complexity index is 566. The van der Waals surface area contributed by atoms with Crippen LogP contribution in [0.4, 0.5) is 0 Å². The lowest BCUT2D eigenvalue weighted by atomic mass is 10.1. The van der Waals surface area contributed by atoms with Gasteiger partial charge in [0.2, 0.25) is 0 Å². The van der Waals surface area contributed by atoms with Crippen molar-refractivity contribution in [3.8, 4) is 0 Å². The molecular formula is C47H98N2O4. The highest BCUT2D eigenvalue weighted by atomic mass is 16.4. The summed E-state index contributed by atoms with van der Waals surface area (Å²) in [7, 11) is 0. The van der Waals surface area contributed by atoms with E-state index in [1.807, 2.05) is 0 Å². The first kappa shape index (κ1) is 56.2. The smallest absolute Gasteiger partial charge is 0.0755 e. The Hall–Kier alpha value is -1.14. The molecule has 0 atom stereocenters. The van der Waals surface area contributed by atoms with Crippen molar-refractivity contribution in [3.05, 3.63) is 0 Å². The molecule has 4 N–H and O–H groups in total. The maximum Gasteiger partial charge on any atom is 0.0755 e. The molecule has 0 fully saturated rings. The van der Waals surface area contributed by atoms with Crippen molar-refractivity contribution < 1.29 is 30.4 Å². The van der Waals surface area contributed by atoms with Gasteiger partial charge in [-0.2, -0.15) is 0 Å². The van der Waals surface area contributed by atoms with E-state index in [4.69, 9.17) is 0 Å². The molecule has 0 bridgehead atoms. The monoisotopic (exact) mass is 755 g/mol. The van der Waals surface area contributed by atoms with Gasteiger partial charge in [0, 0.05) is 18.4 Å². The lowest BCUT2D eigenvalue weighted by Crippen LogP contribution is -2.84. The minimum absolute atomic E-state index is 1.03. The third-order valence-corrected chi connectivity index (χ3v) is 10.3. The zero-order chi connectivity index (χ0) is 39.6. The number of carbonyl (C=O) groups is 2. The Kier molecular flexibility index (Phi) is 58.5. The molecule has 0 spiro atoms. The minimum Gasteiger partial charge on any atom is -0.550 e. The normalized spacial score (nSPS) is 10.8. The van der Waals surface area contributed by atoms with E-state index >= 15 is 0 Å². The fourth-order valence-corrected chi connectivity index (χ4v) is 6.80. The maximum absolute atomic E-state index is 9.28. The van der Waals surface area contributed by atoms with Crippen molar-refractivity contribution in [3.63, 3.8) is 0 Å². The third kappa shape index (κ3) is 66.1. The van der Waals surface area contributed by atoms with Gasteiger partial charge in [-0.05, 0) is 51.4 Å². The highest BCUT2D eigenvalue weighted by molar-refractivity contribution is 5.86. The second-order valence-electron chi connectivity index (χ2n) is 16.0. The summed E-state index contributed by atoms with van der Waals surface area (Å²) < 4.78 is 0. The Morgan fingerprint density at radius 2 is 0.434 bits per heavy atom. The van der Waals surface area contributed by atoms with Crippen LogP contribution < -0.4 is 20.8 Å². The lowest BCUT2D eigenvalue weighted by molar-refractivity contribution is -0.655. The quantitative estimate of drug-likeness (QED) is 0.0477. The zero-order valence-corrected chi connectivity index (χ0v) is 36.8. The first-order chi connectivity index (χ1) is 26.0. The second-order valence-corrected chi connectivity index (χ2v) is 16.0. The molecule has 6 nitrogen and oxygen atoms in total. The Morgan fingerprint density at radius 1 is 0.283 bits per heavy atom. The molecule has 0 saturated carbocycles. The predicted octanol–water partition coefficient (Wildman–Crippen LogP) is 10.1. The Morgan fingerprint density at radius 3 is 0.566 bits per heavy atom. The van der Waals surface area contributed by atoms with E-state index in [1.54, 1.807) is 0 Å². The van der Waals surface area contributed by atoms with E-state index in [0.717, 1.165) is 0 Å². The van der Waals surface area contributed by atoms with Crippen molar-refractivity contribution in [2.24, 2.45) is 0 Å². The van der Waals surface area contributed by atoms with Crippen LogP contribution in [0.2, 0.25) is 0 Å². The molecule has 320 valence electrons. The van der Waals surface area contributed by atoms with Crippen molar-refractivity contribution in [1.82, 2.24) is 0 Å². The molecule has 53 heavy (non-hydrogen) atoms. The van der Waals surface area contributed by atoms with Crippen LogP contribution in [0, 0.1) is 0 Å². The largest absolute Gasteiger partial charge is 0.550 e. The molecule has 0 aliphatic carbocycles. The van der Waals surface area contributed by atoms with Gasteiger partial charge in [0.15, 0.2) is 0 Å². The number of hydrogen-bond acceptors (Lipinski definition) is 4. The summed E-state index contributed by atoms with van der Waals surface area (Å²) in [6.07, 6.45) is 51.2. The van der Waals surface area contributed by atoms with Gasteiger partial charge in [-0.1, -0.05) is 207 Å². The SMILES string of the molecule is CCCCCCCCCCC[NH2+]CCCCCCCCCCC.CCCCCCCCCCC[NH2+]CCCCCCCCCCC.O=C([O-])CC(=O)[O-]. The number of carboxylic acids is 2. The summed E-state index contributed by atoms with van der Waals surface area (Å²) in [5.74, 6) is -3.25. The number of nitrogens with two attached hydrogens (primary N) is 2. The molecular weight excluding hydrogens is 657 g/mol. The van der Waals surface area contributed by atoms with Gasteiger partial charge in [-0.3, -0.25) is 0 Å². The molecule has 6 heteroatoms. The Labute approximate surface area is 333 Å². The number of unbranched alkanes of at least 4 members (excludes halogenated alkanes) is 32. The standard InChI is InChI=1S/2C22H47N.C3H4O4/c2*1-3-5-7-9-11-13-15-17-19-21-23-22-20-18-16-14-12-10-8-6-4-2;4-2(5)1-3(6)7/h2*23H,3-22H2,1-2H3;1H2,(H,4,5)(H,6,7). The number of aliphatic carboxylic acids is 2. The molecule has 0 unspecified atom stereocenters. The summed E-state index contributed by atoms with van der Waals surface area (Å²) in [4.78, 5) is 18.6. The molecule has 0 aromatic rings. The van der Waals surface area contributed by atoms with Crippen molar-refractivity contribution in [1.29, 1.82) is 0 Å². The molecule has 0 aliphatic heterocycles. The van der Waals surface area contributed by atoms with Crippen molar-refractivity contribution in [2.45, 2.75) is 265 Å². The summed E-state index contributed by atoms with van der Waals surface area (Å²) in [6, 6.07) is 0. The van der Waals surface area contributed by atoms with Gasteiger partial charge in [-0.15, -0.1) is 0 Å². The molecule has 0 amide bonds. The van der Waals surface area contributed by atoms with Crippen LogP contribution in [-0.4, -0.2) is 38.1 Å². The van der Waals surface area contributed by atoms with Crippen LogP contribution in [0.15, 0.2) is 0 Å². The predicted molar refractivity (Wildman–Crippen MR) is 227 cm³/mol. The zero-order valence-electron chi connectivity index (χ0n) is 36.8. The maximum atomic E-state index is 9.28. The van der Waals surface area contributed by atoms with Crippen LogP contribution >= 0.6 is 0 Å². The average molecular weight is 755 g/mol. The van der Waals surface area contributed by atoms with Gasteiger partial charge < -0.3 is 30.4 Å². The van der Waals surface area contributed by atoms with E-state index in [-0.39, 0.29) is 0 Å². The highest BCUT2D eigenvalue weighted by Gasteiger charge is 1.98. The second kappa shape index (κ2) is 55.2. The molecule has 0 aliphatic rings. The van der Waals surface area contributed by atoms with E-state index in [1.165, 1.54) is 257 Å². The molecule has 0 radical (unpaired) electrons. The molecule has 0 heterocycles. The highest BCUT2D eigenvalue weighted by Crippen LogP contribution is 2.12. The van der Waals surface area contributed by atoms with Crippen LogP contribution in [-0.2, 0) is 9.59 Å². The Balaban J connectivity index is -0.000000799. The van der Waals surface area contributed by atoms with E-state index in [2.05, 4.69) is 38.3 Å². The lowest BCUT2D eigenvalue weighted by Gasteiger charge is -2.03. The molecule has 0 saturated heterocycles.